The number of esters is 1. The van der Waals surface area contributed by atoms with Gasteiger partial charge in [-0.25, -0.2) is 8.98 Å². The summed E-state index contributed by atoms with van der Waals surface area (Å²) >= 11 is 0. The van der Waals surface area contributed by atoms with E-state index in [9.17, 15) is 18.0 Å². The minimum atomic E-state index is -4.21. The zero-order valence-corrected chi connectivity index (χ0v) is 12.3. The van der Waals surface area contributed by atoms with Crippen LogP contribution in [-0.4, -0.2) is 32.9 Å². The van der Waals surface area contributed by atoms with E-state index in [1.165, 1.54) is 12.1 Å². The van der Waals surface area contributed by atoms with Crippen molar-refractivity contribution in [2.24, 2.45) is 0 Å². The van der Waals surface area contributed by atoms with E-state index >= 15 is 0 Å². The highest BCUT2D eigenvalue weighted by atomic mass is 32.2. The van der Waals surface area contributed by atoms with E-state index < -0.39 is 28.0 Å². The number of rotatable bonds is 6. The predicted molar refractivity (Wildman–Crippen MR) is 70.6 cm³/mol. The molecule has 0 fully saturated rings. The van der Waals surface area contributed by atoms with E-state index in [1.807, 2.05) is 0 Å². The van der Waals surface area contributed by atoms with Crippen LogP contribution in [0.25, 0.3) is 0 Å². The van der Waals surface area contributed by atoms with Crippen LogP contribution in [0.4, 0.5) is 0 Å². The highest BCUT2D eigenvalue weighted by Crippen LogP contribution is 2.16. The Labute approximate surface area is 117 Å². The van der Waals surface area contributed by atoms with Crippen molar-refractivity contribution in [2.75, 3.05) is 6.61 Å². The fourth-order valence-corrected chi connectivity index (χ4v) is 2.43. The highest BCUT2D eigenvalue weighted by molar-refractivity contribution is 7.86. The lowest BCUT2D eigenvalue weighted by Crippen LogP contribution is -2.35. The minimum absolute atomic E-state index is 0.0244. The molecule has 0 amide bonds. The zero-order chi connectivity index (χ0) is 15.3. The average molecular weight is 300 g/mol. The molecule has 0 aliphatic carbocycles. The van der Waals surface area contributed by atoms with Crippen LogP contribution in [0, 0.1) is 6.92 Å². The third kappa shape index (κ3) is 4.14. The summed E-state index contributed by atoms with van der Waals surface area (Å²) < 4.78 is 33.3. The lowest BCUT2D eigenvalue weighted by Gasteiger charge is -2.13. The number of aryl methyl sites for hydroxylation is 1. The van der Waals surface area contributed by atoms with E-state index in [-0.39, 0.29) is 11.5 Å². The van der Waals surface area contributed by atoms with Gasteiger partial charge in [-0.1, -0.05) is 17.7 Å². The second-order valence-electron chi connectivity index (χ2n) is 4.11. The molecule has 0 heterocycles. The Morgan fingerprint density at radius 1 is 1.20 bits per heavy atom. The van der Waals surface area contributed by atoms with Gasteiger partial charge in [0.2, 0.25) is 6.10 Å². The predicted octanol–water partition coefficient (Wildman–Crippen LogP) is 1.22. The van der Waals surface area contributed by atoms with Crippen LogP contribution in [0.15, 0.2) is 29.2 Å². The smallest absolute Gasteiger partial charge is 0.344 e. The van der Waals surface area contributed by atoms with Crippen molar-refractivity contribution in [1.82, 2.24) is 0 Å². The lowest BCUT2D eigenvalue weighted by molar-refractivity contribution is -0.154. The molecule has 20 heavy (non-hydrogen) atoms. The molecule has 0 aromatic heterocycles. The van der Waals surface area contributed by atoms with Gasteiger partial charge >= 0.3 is 5.97 Å². The first-order valence-corrected chi connectivity index (χ1v) is 7.35. The molecule has 0 saturated heterocycles. The van der Waals surface area contributed by atoms with E-state index in [0.717, 1.165) is 12.5 Å². The molecule has 0 bridgehead atoms. The molecule has 6 nitrogen and oxygen atoms in total. The highest BCUT2D eigenvalue weighted by Gasteiger charge is 2.32. The Kier molecular flexibility index (Phi) is 5.41. The second-order valence-corrected chi connectivity index (χ2v) is 5.68. The third-order valence-corrected chi connectivity index (χ3v) is 3.70. The van der Waals surface area contributed by atoms with Crippen LogP contribution in [0.1, 0.15) is 19.4 Å². The van der Waals surface area contributed by atoms with Crippen molar-refractivity contribution in [2.45, 2.75) is 31.8 Å². The average Bonchev–Trinajstić information content (AvgIpc) is 2.36. The third-order valence-electron chi connectivity index (χ3n) is 2.40. The molecule has 1 aromatic carbocycles. The molecular weight excluding hydrogens is 284 g/mol. The maximum atomic E-state index is 12.0. The summed E-state index contributed by atoms with van der Waals surface area (Å²) in [4.78, 5) is 22.7. The van der Waals surface area contributed by atoms with Crippen molar-refractivity contribution < 1.29 is 26.9 Å². The SMILES string of the molecule is CCOC(=O)C(OS(=O)(=O)c1ccc(C)cc1)C(C)=O. The summed E-state index contributed by atoms with van der Waals surface area (Å²) in [6, 6.07) is 5.85. The monoisotopic (exact) mass is 300 g/mol. The Morgan fingerprint density at radius 3 is 2.20 bits per heavy atom. The van der Waals surface area contributed by atoms with Crippen molar-refractivity contribution in [3.63, 3.8) is 0 Å². The van der Waals surface area contributed by atoms with Crippen molar-refractivity contribution in [3.05, 3.63) is 29.8 Å². The van der Waals surface area contributed by atoms with E-state index in [1.54, 1.807) is 26.0 Å². The van der Waals surface area contributed by atoms with E-state index in [0.29, 0.717) is 0 Å². The molecule has 1 atom stereocenters. The van der Waals surface area contributed by atoms with E-state index in [2.05, 4.69) is 8.92 Å². The number of carbonyl (C=O) groups is 2. The Morgan fingerprint density at radius 2 is 1.75 bits per heavy atom. The molecule has 0 spiro atoms. The van der Waals surface area contributed by atoms with Crippen molar-refractivity contribution in [3.8, 4) is 0 Å². The van der Waals surface area contributed by atoms with Gasteiger partial charge in [-0.3, -0.25) is 4.79 Å². The summed E-state index contributed by atoms with van der Waals surface area (Å²) in [5.41, 5.74) is 0.873. The van der Waals surface area contributed by atoms with Gasteiger partial charge in [0.25, 0.3) is 10.1 Å². The molecule has 0 saturated carbocycles. The first kappa shape index (κ1) is 16.3. The van der Waals surface area contributed by atoms with Gasteiger partial charge in [-0.05, 0) is 32.9 Å². The standard InChI is InChI=1S/C13H16O6S/c1-4-18-13(15)12(10(3)14)19-20(16,17)11-7-5-9(2)6-8-11/h5-8,12H,4H2,1-3H3. The molecule has 0 aliphatic heterocycles. The van der Waals surface area contributed by atoms with Crippen LogP contribution in [-0.2, 0) is 28.6 Å². The summed E-state index contributed by atoms with van der Waals surface area (Å²) in [6.45, 7) is 4.43. The fourth-order valence-electron chi connectivity index (χ4n) is 1.38. The van der Waals surface area contributed by atoms with Gasteiger partial charge in [0, 0.05) is 0 Å². The number of hydrogen-bond acceptors (Lipinski definition) is 6. The number of ether oxygens (including phenoxy) is 1. The molecule has 1 aromatic rings. The number of hydrogen-bond donors (Lipinski definition) is 0. The molecule has 0 aliphatic rings. The molecular formula is C13H16O6S. The summed E-state index contributed by atoms with van der Waals surface area (Å²) in [7, 11) is -4.21. The van der Waals surface area contributed by atoms with Gasteiger partial charge in [0.05, 0.1) is 11.5 Å². The number of Topliss-reactive ketones (excluding diaryl/α,β-unsaturated/α-hetero) is 1. The first-order valence-electron chi connectivity index (χ1n) is 5.95. The van der Waals surface area contributed by atoms with Gasteiger partial charge in [-0.2, -0.15) is 8.42 Å². The quantitative estimate of drug-likeness (QED) is 0.446. The molecule has 0 radical (unpaired) electrons. The molecule has 1 rings (SSSR count). The maximum Gasteiger partial charge on any atom is 0.344 e. The Hall–Kier alpha value is -1.73. The number of carbonyl (C=O) groups excluding carboxylic acids is 2. The van der Waals surface area contributed by atoms with Crippen molar-refractivity contribution in [1.29, 1.82) is 0 Å². The second kappa shape index (κ2) is 6.62. The fraction of sp³-hybridized carbons (Fsp3) is 0.385. The van der Waals surface area contributed by atoms with Crippen LogP contribution in [0.3, 0.4) is 0 Å². The molecule has 0 N–H and O–H groups in total. The normalized spacial score (nSPS) is 12.8. The molecule has 110 valence electrons. The van der Waals surface area contributed by atoms with Crippen molar-refractivity contribution >= 4 is 21.9 Å². The number of ketones is 1. The van der Waals surface area contributed by atoms with E-state index in [4.69, 9.17) is 0 Å². The van der Waals surface area contributed by atoms with Crippen LogP contribution in [0.2, 0.25) is 0 Å². The van der Waals surface area contributed by atoms with Crippen LogP contribution >= 0.6 is 0 Å². The van der Waals surface area contributed by atoms with Gasteiger partial charge in [0.1, 0.15) is 0 Å². The largest absolute Gasteiger partial charge is 0.464 e. The summed E-state index contributed by atoms with van der Waals surface area (Å²) in [5.74, 6) is -1.75. The summed E-state index contributed by atoms with van der Waals surface area (Å²) in [6.07, 6.45) is -1.78. The van der Waals surface area contributed by atoms with Crippen LogP contribution in [0.5, 0.6) is 0 Å². The number of benzene rings is 1. The molecule has 7 heteroatoms. The molecule has 1 unspecified atom stereocenters. The van der Waals surface area contributed by atoms with Gasteiger partial charge < -0.3 is 4.74 Å². The minimum Gasteiger partial charge on any atom is -0.464 e. The Bertz CT molecular complexity index is 588. The topological polar surface area (TPSA) is 86.7 Å². The van der Waals surface area contributed by atoms with Gasteiger partial charge in [0.15, 0.2) is 5.78 Å². The van der Waals surface area contributed by atoms with Crippen LogP contribution < -0.4 is 0 Å². The Balaban J connectivity index is 3.00. The lowest BCUT2D eigenvalue weighted by atomic mass is 10.2. The first-order chi connectivity index (χ1) is 9.27. The zero-order valence-electron chi connectivity index (χ0n) is 11.5. The maximum absolute atomic E-state index is 12.0. The summed E-state index contributed by atoms with van der Waals surface area (Å²) in [5, 5.41) is 0. The van der Waals surface area contributed by atoms with Gasteiger partial charge in [-0.15, -0.1) is 0 Å².